The second kappa shape index (κ2) is 20.7. The molecule has 55 heavy (non-hydrogen) atoms. The lowest BCUT2D eigenvalue weighted by molar-refractivity contribution is -0.125. The number of hydrogen-bond acceptors (Lipinski definition) is 6. The molecule has 290 valence electrons. The molecule has 0 fully saturated rings. The molecule has 1 heterocycles. The largest absolute Gasteiger partial charge is 0.391 e. The molecule has 1 aromatic heterocycles. The van der Waals surface area contributed by atoms with Crippen molar-refractivity contribution in [2.75, 3.05) is 7.05 Å². The van der Waals surface area contributed by atoms with Crippen LogP contribution in [0.4, 0.5) is 4.79 Å². The van der Waals surface area contributed by atoms with Gasteiger partial charge in [-0.25, -0.2) is 9.78 Å². The SMILES string of the molecule is CC(C)c1nc(CN(C)C(=O)NC(C(=O)NC(Cc2ccccc2)CC(O)C(Cc2ccccc2)N(Cc2ccccc2)Cc2ccccc2)C(C)C)cs1. The average Bonchev–Trinajstić information content (AvgIpc) is 3.66. The number of aromatic nitrogens is 1. The number of urea groups is 1. The van der Waals surface area contributed by atoms with Crippen LogP contribution in [-0.4, -0.2) is 63.1 Å². The van der Waals surface area contributed by atoms with Gasteiger partial charge in [0.25, 0.3) is 0 Å². The number of rotatable bonds is 19. The van der Waals surface area contributed by atoms with Crippen LogP contribution in [-0.2, 0) is 37.3 Å². The summed E-state index contributed by atoms with van der Waals surface area (Å²) >= 11 is 1.59. The zero-order chi connectivity index (χ0) is 39.2. The number of thiazole rings is 1. The molecule has 0 saturated heterocycles. The van der Waals surface area contributed by atoms with Crippen molar-refractivity contribution >= 4 is 23.3 Å². The molecule has 0 aliphatic heterocycles. The second-order valence-corrected chi connectivity index (χ2v) is 16.1. The number of nitrogens with one attached hydrogen (secondary N) is 2. The number of aliphatic hydroxyl groups excluding tert-OH is 1. The first-order valence-corrected chi connectivity index (χ1v) is 20.3. The predicted molar refractivity (Wildman–Crippen MR) is 224 cm³/mol. The Balaban J connectivity index is 1.38. The number of nitrogens with zero attached hydrogens (tertiary/aromatic N) is 3. The number of aliphatic hydroxyl groups is 1. The fourth-order valence-electron chi connectivity index (χ4n) is 6.88. The third kappa shape index (κ3) is 12.9. The molecule has 0 bridgehead atoms. The van der Waals surface area contributed by atoms with Gasteiger partial charge in [0, 0.05) is 43.5 Å². The van der Waals surface area contributed by atoms with Crippen molar-refractivity contribution in [3.8, 4) is 0 Å². The third-order valence-electron chi connectivity index (χ3n) is 9.89. The second-order valence-electron chi connectivity index (χ2n) is 15.2. The first kappa shape index (κ1) is 41.3. The summed E-state index contributed by atoms with van der Waals surface area (Å²) in [5.74, 6) is -0.131. The van der Waals surface area contributed by atoms with E-state index in [0.717, 1.165) is 33.0 Å². The summed E-state index contributed by atoms with van der Waals surface area (Å²) in [4.78, 5) is 36.3. The Bertz CT molecular complexity index is 1830. The van der Waals surface area contributed by atoms with Gasteiger partial charge in [-0.3, -0.25) is 9.69 Å². The van der Waals surface area contributed by atoms with Gasteiger partial charge in [0.15, 0.2) is 0 Å². The summed E-state index contributed by atoms with van der Waals surface area (Å²) in [7, 11) is 1.72. The molecule has 9 heteroatoms. The zero-order valence-corrected chi connectivity index (χ0v) is 33.7. The molecule has 5 rings (SSSR count). The van der Waals surface area contributed by atoms with Crippen LogP contribution >= 0.6 is 11.3 Å². The van der Waals surface area contributed by atoms with E-state index < -0.39 is 18.2 Å². The van der Waals surface area contributed by atoms with E-state index in [0.29, 0.717) is 44.8 Å². The van der Waals surface area contributed by atoms with Crippen molar-refractivity contribution in [1.29, 1.82) is 0 Å². The summed E-state index contributed by atoms with van der Waals surface area (Å²) in [6.45, 7) is 9.70. The molecule has 0 aliphatic carbocycles. The van der Waals surface area contributed by atoms with Crippen LogP contribution < -0.4 is 10.6 Å². The molecule has 4 aromatic carbocycles. The van der Waals surface area contributed by atoms with Crippen LogP contribution in [0.15, 0.2) is 127 Å². The van der Waals surface area contributed by atoms with E-state index in [1.165, 1.54) is 0 Å². The van der Waals surface area contributed by atoms with Crippen LogP contribution in [0.3, 0.4) is 0 Å². The van der Waals surface area contributed by atoms with Crippen molar-refractivity contribution < 1.29 is 14.7 Å². The average molecular weight is 760 g/mol. The maximum atomic E-state index is 14.2. The van der Waals surface area contributed by atoms with Crippen molar-refractivity contribution in [1.82, 2.24) is 25.4 Å². The number of benzene rings is 4. The van der Waals surface area contributed by atoms with Crippen LogP contribution in [0.25, 0.3) is 0 Å². The van der Waals surface area contributed by atoms with Gasteiger partial charge in [-0.15, -0.1) is 11.3 Å². The molecule has 8 nitrogen and oxygen atoms in total. The molecular weight excluding hydrogens is 703 g/mol. The monoisotopic (exact) mass is 759 g/mol. The molecule has 3 amide bonds. The van der Waals surface area contributed by atoms with Gasteiger partial charge in [0.2, 0.25) is 5.91 Å². The van der Waals surface area contributed by atoms with Crippen LogP contribution in [0.1, 0.15) is 73.0 Å². The summed E-state index contributed by atoms with van der Waals surface area (Å²) in [5.41, 5.74) is 5.33. The summed E-state index contributed by atoms with van der Waals surface area (Å²) in [6, 6.07) is 39.3. The fraction of sp³-hybridized carbons (Fsp3) is 0.370. The Morgan fingerprint density at radius 3 is 1.65 bits per heavy atom. The number of carbonyl (C=O) groups is 2. The summed E-state index contributed by atoms with van der Waals surface area (Å²) in [6.07, 6.45) is 0.676. The minimum absolute atomic E-state index is 0.176. The van der Waals surface area contributed by atoms with E-state index in [1.54, 1.807) is 23.3 Å². The highest BCUT2D eigenvalue weighted by Crippen LogP contribution is 2.24. The van der Waals surface area contributed by atoms with Crippen molar-refractivity contribution in [2.45, 2.75) is 96.7 Å². The quantitative estimate of drug-likeness (QED) is 0.0789. The Morgan fingerprint density at radius 2 is 1.18 bits per heavy atom. The maximum Gasteiger partial charge on any atom is 0.318 e. The van der Waals surface area contributed by atoms with E-state index in [1.807, 2.05) is 104 Å². The van der Waals surface area contributed by atoms with Gasteiger partial charge >= 0.3 is 6.03 Å². The van der Waals surface area contributed by atoms with E-state index in [-0.39, 0.29) is 23.9 Å². The highest BCUT2D eigenvalue weighted by Gasteiger charge is 2.32. The zero-order valence-electron chi connectivity index (χ0n) is 32.8. The van der Waals surface area contributed by atoms with E-state index in [9.17, 15) is 14.7 Å². The first-order chi connectivity index (χ1) is 26.5. The highest BCUT2D eigenvalue weighted by atomic mass is 32.1. The fourth-order valence-corrected chi connectivity index (χ4v) is 7.70. The van der Waals surface area contributed by atoms with Crippen LogP contribution in [0, 0.1) is 5.92 Å². The van der Waals surface area contributed by atoms with E-state index in [4.69, 9.17) is 0 Å². The Kier molecular flexibility index (Phi) is 15.6. The van der Waals surface area contributed by atoms with Gasteiger partial charge in [0.1, 0.15) is 6.04 Å². The van der Waals surface area contributed by atoms with E-state index in [2.05, 4.69) is 70.8 Å². The molecule has 0 saturated carbocycles. The number of carbonyl (C=O) groups excluding carboxylic acids is 2. The number of hydrogen-bond donors (Lipinski definition) is 3. The normalized spacial score (nSPS) is 13.7. The lowest BCUT2D eigenvalue weighted by Crippen LogP contribution is -2.55. The number of amides is 3. The highest BCUT2D eigenvalue weighted by molar-refractivity contribution is 7.09. The van der Waals surface area contributed by atoms with Gasteiger partial charge in [-0.1, -0.05) is 149 Å². The Hall–Kier alpha value is -4.83. The van der Waals surface area contributed by atoms with Gasteiger partial charge in [-0.2, -0.15) is 0 Å². The topological polar surface area (TPSA) is 97.8 Å². The molecular formula is C46H57N5O3S. The lowest BCUT2D eigenvalue weighted by Gasteiger charge is -2.37. The summed E-state index contributed by atoms with van der Waals surface area (Å²) < 4.78 is 0. The standard InChI is InChI=1S/C46H57N5O3S/c1-33(2)43(49-46(54)50(5)31-40-32-55-45(48-40)34(3)4)44(53)47-39(26-35-18-10-6-11-19-35)28-42(52)41(27-36-20-12-7-13-21-36)51(29-37-22-14-8-15-23-37)30-38-24-16-9-17-25-38/h6-25,32-34,39,41-43,52H,26-31H2,1-5H3,(H,47,53)(H,49,54). The third-order valence-corrected chi connectivity index (χ3v) is 11.1. The molecule has 0 aliphatic rings. The minimum Gasteiger partial charge on any atom is -0.391 e. The van der Waals surface area contributed by atoms with Crippen LogP contribution in [0.5, 0.6) is 0 Å². The van der Waals surface area contributed by atoms with Crippen LogP contribution in [0.2, 0.25) is 0 Å². The molecule has 0 radical (unpaired) electrons. The van der Waals surface area contributed by atoms with Crippen molar-refractivity contribution in [3.05, 3.63) is 160 Å². The molecule has 5 aromatic rings. The molecule has 4 atom stereocenters. The van der Waals surface area contributed by atoms with Crippen molar-refractivity contribution in [3.63, 3.8) is 0 Å². The minimum atomic E-state index is -0.797. The first-order valence-electron chi connectivity index (χ1n) is 19.4. The Labute approximate surface area is 331 Å². The van der Waals surface area contributed by atoms with Gasteiger partial charge < -0.3 is 20.6 Å². The molecule has 4 unspecified atom stereocenters. The molecule has 3 N–H and O–H groups in total. The summed E-state index contributed by atoms with van der Waals surface area (Å²) in [5, 5.41) is 21.7. The van der Waals surface area contributed by atoms with Gasteiger partial charge in [-0.05, 0) is 47.4 Å². The lowest BCUT2D eigenvalue weighted by atomic mass is 9.91. The van der Waals surface area contributed by atoms with Gasteiger partial charge in [0.05, 0.1) is 23.4 Å². The molecule has 0 spiro atoms. The van der Waals surface area contributed by atoms with Crippen molar-refractivity contribution in [2.24, 2.45) is 5.92 Å². The smallest absolute Gasteiger partial charge is 0.318 e. The van der Waals surface area contributed by atoms with E-state index >= 15 is 0 Å². The Morgan fingerprint density at radius 1 is 0.691 bits per heavy atom. The maximum absolute atomic E-state index is 14.2. The predicted octanol–water partition coefficient (Wildman–Crippen LogP) is 8.22.